The third-order valence-electron chi connectivity index (χ3n) is 8.04. The van der Waals surface area contributed by atoms with E-state index in [0.29, 0.717) is 13.0 Å². The Balaban J connectivity index is 1.48. The van der Waals surface area contributed by atoms with Crippen LogP contribution in [0.15, 0.2) is 72.8 Å². The van der Waals surface area contributed by atoms with Crippen LogP contribution < -0.4 is 4.74 Å². The zero-order valence-electron chi connectivity index (χ0n) is 23.0. The average molecular weight is 528 g/mol. The van der Waals surface area contributed by atoms with Gasteiger partial charge < -0.3 is 19.1 Å². The predicted octanol–water partition coefficient (Wildman–Crippen LogP) is 6.09. The Morgan fingerprint density at radius 3 is 2.31 bits per heavy atom. The highest BCUT2D eigenvalue weighted by Gasteiger charge is 2.43. The molecule has 2 unspecified atom stereocenters. The summed E-state index contributed by atoms with van der Waals surface area (Å²) in [6.45, 7) is 4.80. The van der Waals surface area contributed by atoms with Crippen LogP contribution in [0.4, 0.5) is 0 Å². The van der Waals surface area contributed by atoms with Gasteiger partial charge in [0.15, 0.2) is 6.10 Å². The third-order valence-corrected chi connectivity index (χ3v) is 8.04. The van der Waals surface area contributed by atoms with E-state index in [0.717, 1.165) is 59.3 Å². The number of carbonyl (C=O) groups is 2. The van der Waals surface area contributed by atoms with Crippen LogP contribution >= 0.6 is 0 Å². The van der Waals surface area contributed by atoms with E-state index in [-0.39, 0.29) is 18.1 Å². The standard InChI is InChI=1S/C33H37NO5/c1-23-16-17-26-21-34(31(35)30(25-14-8-5-9-15-25)39-33(2)18-10-11-19-33)28(32(36)37-3)20-27(26)29(23)38-22-24-12-6-4-7-13-24/h4-9,12-17,28,30H,10-11,18-22H2,1-3H3. The summed E-state index contributed by atoms with van der Waals surface area (Å²) in [6, 6.07) is 22.9. The van der Waals surface area contributed by atoms with Crippen LogP contribution in [0.2, 0.25) is 0 Å². The molecule has 6 heteroatoms. The molecule has 1 aliphatic heterocycles. The molecule has 1 saturated carbocycles. The lowest BCUT2D eigenvalue weighted by Crippen LogP contribution is -2.51. The largest absolute Gasteiger partial charge is 0.488 e. The van der Waals surface area contributed by atoms with E-state index in [1.165, 1.54) is 7.11 Å². The number of amides is 1. The molecule has 0 radical (unpaired) electrons. The number of aryl methyl sites for hydroxylation is 1. The van der Waals surface area contributed by atoms with Gasteiger partial charge in [0.2, 0.25) is 0 Å². The number of hydrogen-bond acceptors (Lipinski definition) is 5. The molecule has 3 aromatic rings. The number of hydrogen-bond donors (Lipinski definition) is 0. The van der Waals surface area contributed by atoms with Crippen molar-refractivity contribution in [2.24, 2.45) is 0 Å². The maximum atomic E-state index is 14.3. The Morgan fingerprint density at radius 1 is 0.974 bits per heavy atom. The first-order chi connectivity index (χ1) is 18.9. The van der Waals surface area contributed by atoms with Crippen LogP contribution in [0.5, 0.6) is 5.75 Å². The fourth-order valence-corrected chi connectivity index (χ4v) is 5.83. The molecule has 0 saturated heterocycles. The van der Waals surface area contributed by atoms with E-state index >= 15 is 0 Å². The molecule has 39 heavy (non-hydrogen) atoms. The number of benzene rings is 3. The number of methoxy groups -OCH3 is 1. The van der Waals surface area contributed by atoms with Crippen molar-refractivity contribution in [3.63, 3.8) is 0 Å². The van der Waals surface area contributed by atoms with Gasteiger partial charge in [-0.3, -0.25) is 4.79 Å². The average Bonchev–Trinajstić information content (AvgIpc) is 3.41. The van der Waals surface area contributed by atoms with Gasteiger partial charge in [-0.25, -0.2) is 4.79 Å². The van der Waals surface area contributed by atoms with Crippen molar-refractivity contribution < 1.29 is 23.8 Å². The van der Waals surface area contributed by atoms with Gasteiger partial charge in [-0.2, -0.15) is 0 Å². The fraction of sp³-hybridized carbons (Fsp3) is 0.394. The number of fused-ring (bicyclic) bond motifs is 1. The molecule has 2 atom stereocenters. The molecule has 3 aromatic carbocycles. The summed E-state index contributed by atoms with van der Waals surface area (Å²) in [5, 5.41) is 0. The molecular formula is C33H37NO5. The Kier molecular flexibility index (Phi) is 8.03. The molecule has 0 spiro atoms. The molecule has 0 aromatic heterocycles. The highest BCUT2D eigenvalue weighted by molar-refractivity contribution is 5.89. The number of ether oxygens (including phenoxy) is 3. The molecule has 1 amide bonds. The molecule has 0 bridgehead atoms. The monoisotopic (exact) mass is 527 g/mol. The second-order valence-corrected chi connectivity index (χ2v) is 10.9. The summed E-state index contributed by atoms with van der Waals surface area (Å²) >= 11 is 0. The van der Waals surface area contributed by atoms with Crippen molar-refractivity contribution in [2.45, 2.75) is 76.9 Å². The number of esters is 1. The van der Waals surface area contributed by atoms with E-state index in [2.05, 4.69) is 6.92 Å². The lowest BCUT2D eigenvalue weighted by molar-refractivity contribution is -0.167. The molecule has 1 fully saturated rings. The maximum Gasteiger partial charge on any atom is 0.328 e. The van der Waals surface area contributed by atoms with Crippen LogP contribution in [0.25, 0.3) is 0 Å². The summed E-state index contributed by atoms with van der Waals surface area (Å²) in [5.74, 6) is 0.109. The second-order valence-electron chi connectivity index (χ2n) is 10.9. The highest BCUT2D eigenvalue weighted by atomic mass is 16.5. The molecule has 2 aliphatic rings. The molecule has 204 valence electrons. The lowest BCUT2D eigenvalue weighted by atomic mass is 9.90. The van der Waals surface area contributed by atoms with Crippen molar-refractivity contribution in [1.29, 1.82) is 0 Å². The van der Waals surface area contributed by atoms with Crippen molar-refractivity contribution in [3.8, 4) is 5.75 Å². The van der Waals surface area contributed by atoms with Gasteiger partial charge in [0.05, 0.1) is 12.7 Å². The van der Waals surface area contributed by atoms with Crippen LogP contribution in [-0.4, -0.2) is 35.5 Å². The summed E-state index contributed by atoms with van der Waals surface area (Å²) in [5.41, 5.74) is 4.39. The van der Waals surface area contributed by atoms with Gasteiger partial charge in [0.1, 0.15) is 18.4 Å². The SMILES string of the molecule is COC(=O)C1Cc2c(ccc(C)c2OCc2ccccc2)CN1C(=O)C(OC1(C)CCCC1)c1ccccc1. The van der Waals surface area contributed by atoms with Gasteiger partial charge >= 0.3 is 5.97 Å². The number of rotatable bonds is 8. The predicted molar refractivity (Wildman–Crippen MR) is 149 cm³/mol. The molecule has 6 nitrogen and oxygen atoms in total. The number of carbonyl (C=O) groups excluding carboxylic acids is 2. The van der Waals surface area contributed by atoms with Crippen molar-refractivity contribution in [2.75, 3.05) is 7.11 Å². The maximum absolute atomic E-state index is 14.3. The lowest BCUT2D eigenvalue weighted by Gasteiger charge is -2.39. The number of nitrogens with zero attached hydrogens (tertiary/aromatic N) is 1. The third kappa shape index (κ3) is 5.86. The summed E-state index contributed by atoms with van der Waals surface area (Å²) in [7, 11) is 1.37. The topological polar surface area (TPSA) is 65.1 Å². The minimum absolute atomic E-state index is 0.220. The summed E-state index contributed by atoms with van der Waals surface area (Å²) in [4.78, 5) is 29.1. The Hall–Kier alpha value is -3.64. The van der Waals surface area contributed by atoms with Crippen LogP contribution in [-0.2, 0) is 38.6 Å². The van der Waals surface area contributed by atoms with Gasteiger partial charge in [0.25, 0.3) is 5.91 Å². The normalized spacial score (nSPS) is 18.7. The molecule has 5 rings (SSSR count). The zero-order valence-corrected chi connectivity index (χ0v) is 23.0. The van der Waals surface area contributed by atoms with Crippen LogP contribution in [0.1, 0.15) is 66.5 Å². The van der Waals surface area contributed by atoms with Gasteiger partial charge in [-0.05, 0) is 48.9 Å². The van der Waals surface area contributed by atoms with E-state index in [1.807, 2.05) is 79.7 Å². The quantitative estimate of drug-likeness (QED) is 0.332. The smallest absolute Gasteiger partial charge is 0.328 e. The molecule has 1 aliphatic carbocycles. The fourth-order valence-electron chi connectivity index (χ4n) is 5.83. The zero-order chi connectivity index (χ0) is 27.4. The molecule has 0 N–H and O–H groups in total. The highest BCUT2D eigenvalue weighted by Crippen LogP contribution is 2.40. The second kappa shape index (κ2) is 11.6. The molecular weight excluding hydrogens is 490 g/mol. The van der Waals surface area contributed by atoms with E-state index in [1.54, 1.807) is 4.90 Å². The first-order valence-electron chi connectivity index (χ1n) is 13.8. The Morgan fingerprint density at radius 2 is 1.64 bits per heavy atom. The van der Waals surface area contributed by atoms with E-state index < -0.39 is 18.1 Å². The van der Waals surface area contributed by atoms with E-state index in [9.17, 15) is 9.59 Å². The summed E-state index contributed by atoms with van der Waals surface area (Å²) in [6.07, 6.45) is 3.50. The van der Waals surface area contributed by atoms with E-state index in [4.69, 9.17) is 14.2 Å². The minimum atomic E-state index is -0.803. The Labute approximate surface area is 230 Å². The van der Waals surface area contributed by atoms with Gasteiger partial charge in [-0.15, -0.1) is 0 Å². The summed E-state index contributed by atoms with van der Waals surface area (Å²) < 4.78 is 18.1. The molecule has 1 heterocycles. The van der Waals surface area contributed by atoms with Crippen LogP contribution in [0, 0.1) is 6.92 Å². The minimum Gasteiger partial charge on any atom is -0.488 e. The van der Waals surface area contributed by atoms with Crippen molar-refractivity contribution in [3.05, 3.63) is 101 Å². The Bertz CT molecular complexity index is 1300. The van der Waals surface area contributed by atoms with Gasteiger partial charge in [0, 0.05) is 18.5 Å². The first-order valence-corrected chi connectivity index (χ1v) is 13.8. The van der Waals surface area contributed by atoms with Crippen LogP contribution in [0.3, 0.4) is 0 Å². The van der Waals surface area contributed by atoms with Crippen molar-refractivity contribution in [1.82, 2.24) is 4.90 Å². The first kappa shape index (κ1) is 26.9. The van der Waals surface area contributed by atoms with Gasteiger partial charge in [-0.1, -0.05) is 85.6 Å². The van der Waals surface area contributed by atoms with Crippen molar-refractivity contribution >= 4 is 11.9 Å².